The van der Waals surface area contributed by atoms with Gasteiger partial charge in [0.1, 0.15) is 11.6 Å². The number of halogens is 4. The van der Waals surface area contributed by atoms with Crippen LogP contribution in [-0.4, -0.2) is 17.7 Å². The number of rotatable bonds is 6. The van der Waals surface area contributed by atoms with Crippen LogP contribution in [0.5, 0.6) is 5.75 Å². The Morgan fingerprint density at radius 3 is 2.55 bits per heavy atom. The Kier molecular flexibility index (Phi) is 7.66. The molecule has 3 nitrogen and oxygen atoms in total. The molecule has 0 aliphatic rings. The number of phenols is 1. The molecule has 0 heterocycles. The molecule has 0 unspecified atom stereocenters. The second-order valence-corrected chi connectivity index (χ2v) is 6.34. The number of hydrogen-bond donors (Lipinski definition) is 1. The monoisotopic (exact) mass is 408 g/mol. The first-order valence-corrected chi connectivity index (χ1v) is 9.12. The maximum Gasteiger partial charge on any atom is 0.417 e. The molecule has 0 saturated heterocycles. The maximum absolute atomic E-state index is 14.2. The Bertz CT molecular complexity index is 924. The second kappa shape index (κ2) is 9.97. The molecule has 0 aliphatic heterocycles. The highest BCUT2D eigenvalue weighted by atomic mass is 19.4. The number of benzene rings is 2. The number of alkyl halides is 3. The van der Waals surface area contributed by atoms with Crippen LogP contribution in [0.4, 0.5) is 17.6 Å². The number of carbonyl (C=O) groups excluding carboxylic acids is 1. The summed E-state index contributed by atoms with van der Waals surface area (Å²) in [6.07, 6.45) is -1.17. The van der Waals surface area contributed by atoms with E-state index in [0.717, 1.165) is 37.5 Å². The zero-order valence-corrected chi connectivity index (χ0v) is 15.8. The summed E-state index contributed by atoms with van der Waals surface area (Å²) in [6.45, 7) is 2.21. The quantitative estimate of drug-likeness (QED) is 0.289. The van der Waals surface area contributed by atoms with Crippen LogP contribution < -0.4 is 0 Å². The average Bonchev–Trinajstić information content (AvgIpc) is 2.66. The van der Waals surface area contributed by atoms with E-state index >= 15 is 0 Å². The van der Waals surface area contributed by atoms with Crippen molar-refractivity contribution in [3.8, 4) is 17.6 Å². The number of carbonyl (C=O) groups is 1. The third-order valence-electron chi connectivity index (χ3n) is 4.10. The van der Waals surface area contributed by atoms with E-state index in [1.165, 1.54) is 12.1 Å². The molecule has 0 amide bonds. The Morgan fingerprint density at radius 1 is 1.10 bits per heavy atom. The largest absolute Gasteiger partial charge is 0.508 e. The van der Waals surface area contributed by atoms with E-state index in [1.54, 1.807) is 0 Å². The minimum Gasteiger partial charge on any atom is -0.508 e. The van der Waals surface area contributed by atoms with E-state index in [2.05, 4.69) is 11.8 Å². The lowest BCUT2D eigenvalue weighted by molar-refractivity contribution is -0.137. The van der Waals surface area contributed by atoms with Gasteiger partial charge in [0.2, 0.25) is 0 Å². The summed E-state index contributed by atoms with van der Waals surface area (Å²) in [7, 11) is 0. The van der Waals surface area contributed by atoms with Crippen molar-refractivity contribution in [1.29, 1.82) is 0 Å². The van der Waals surface area contributed by atoms with Crippen molar-refractivity contribution in [1.82, 2.24) is 0 Å². The molecule has 0 fully saturated rings. The van der Waals surface area contributed by atoms with E-state index in [0.29, 0.717) is 12.5 Å². The Labute approximate surface area is 166 Å². The van der Waals surface area contributed by atoms with Crippen molar-refractivity contribution in [3.05, 3.63) is 64.5 Å². The van der Waals surface area contributed by atoms with E-state index in [9.17, 15) is 27.5 Å². The van der Waals surface area contributed by atoms with Crippen LogP contribution in [0.2, 0.25) is 0 Å². The fourth-order valence-corrected chi connectivity index (χ4v) is 2.60. The molecule has 1 N–H and O–H groups in total. The van der Waals surface area contributed by atoms with Gasteiger partial charge in [0.05, 0.1) is 23.3 Å². The molecule has 29 heavy (non-hydrogen) atoms. The smallest absolute Gasteiger partial charge is 0.417 e. The minimum absolute atomic E-state index is 0.152. The molecule has 0 saturated carbocycles. The first kappa shape index (κ1) is 22.3. The molecule has 2 aromatic carbocycles. The summed E-state index contributed by atoms with van der Waals surface area (Å²) in [5.41, 5.74) is -2.09. The molecule has 2 rings (SSSR count). The average molecular weight is 408 g/mol. The van der Waals surface area contributed by atoms with Crippen molar-refractivity contribution in [2.45, 2.75) is 38.8 Å². The van der Waals surface area contributed by atoms with Crippen LogP contribution in [0.15, 0.2) is 36.4 Å². The molecule has 0 spiro atoms. The summed E-state index contributed by atoms with van der Waals surface area (Å²) in [6, 6.07) is 6.24. The van der Waals surface area contributed by atoms with Gasteiger partial charge < -0.3 is 9.84 Å². The van der Waals surface area contributed by atoms with Crippen molar-refractivity contribution < 1.29 is 32.2 Å². The zero-order chi connectivity index (χ0) is 21.4. The molecule has 0 aliphatic carbocycles. The fourth-order valence-electron chi connectivity index (χ4n) is 2.60. The van der Waals surface area contributed by atoms with Crippen LogP contribution in [-0.2, 0) is 10.9 Å². The van der Waals surface area contributed by atoms with Crippen LogP contribution in [0, 0.1) is 17.7 Å². The van der Waals surface area contributed by atoms with E-state index < -0.39 is 34.8 Å². The summed E-state index contributed by atoms with van der Waals surface area (Å²) in [5.74, 6) is 2.37. The number of hydrogen-bond acceptors (Lipinski definition) is 3. The Morgan fingerprint density at radius 2 is 1.86 bits per heavy atom. The summed E-state index contributed by atoms with van der Waals surface area (Å²) in [5, 5.41) is 9.31. The van der Waals surface area contributed by atoms with Gasteiger partial charge >= 0.3 is 12.1 Å². The van der Waals surface area contributed by atoms with Gasteiger partial charge in [-0.1, -0.05) is 44.1 Å². The predicted molar refractivity (Wildman–Crippen MR) is 99.9 cm³/mol. The topological polar surface area (TPSA) is 46.5 Å². The number of phenolic OH excluding ortho intramolecular Hbond substituents is 1. The van der Waals surface area contributed by atoms with Crippen LogP contribution in [0.1, 0.15) is 59.7 Å². The standard InChI is InChI=1S/C22H20F4O3/c1-2-3-4-5-13-29-21(28)18-7-6-8-20(23)17(18)12-10-15-9-11-16(27)14-19(15)22(24,25)26/h6-9,11,14,27H,2-5,13H2,1H3. The minimum atomic E-state index is -4.75. The van der Waals surface area contributed by atoms with Crippen molar-refractivity contribution in [3.63, 3.8) is 0 Å². The Hall–Kier alpha value is -3.01. The van der Waals surface area contributed by atoms with E-state index in [1.807, 2.05) is 6.92 Å². The van der Waals surface area contributed by atoms with Gasteiger partial charge in [-0.25, -0.2) is 9.18 Å². The zero-order valence-electron chi connectivity index (χ0n) is 15.8. The van der Waals surface area contributed by atoms with Gasteiger partial charge in [0, 0.05) is 5.56 Å². The predicted octanol–water partition coefficient (Wildman–Crippen LogP) is 5.69. The van der Waals surface area contributed by atoms with Crippen molar-refractivity contribution in [2.75, 3.05) is 6.61 Å². The molecule has 0 atom stereocenters. The molecule has 0 aromatic heterocycles. The highest BCUT2D eigenvalue weighted by molar-refractivity contribution is 5.92. The molecule has 7 heteroatoms. The van der Waals surface area contributed by atoms with Gasteiger partial charge in [0.25, 0.3) is 0 Å². The van der Waals surface area contributed by atoms with Crippen LogP contribution in [0.25, 0.3) is 0 Å². The molecule has 154 valence electrons. The Balaban J connectivity index is 2.31. The molecule has 2 aromatic rings. The van der Waals surface area contributed by atoms with Crippen molar-refractivity contribution >= 4 is 5.97 Å². The molecular formula is C22H20F4O3. The highest BCUT2D eigenvalue weighted by Gasteiger charge is 2.33. The lowest BCUT2D eigenvalue weighted by Gasteiger charge is -2.09. The third-order valence-corrected chi connectivity index (χ3v) is 4.10. The maximum atomic E-state index is 14.2. The number of aromatic hydroxyl groups is 1. The lowest BCUT2D eigenvalue weighted by atomic mass is 10.0. The summed E-state index contributed by atoms with van der Waals surface area (Å²) in [4.78, 5) is 12.3. The second-order valence-electron chi connectivity index (χ2n) is 6.34. The van der Waals surface area contributed by atoms with Gasteiger partial charge in [-0.05, 0) is 36.8 Å². The molecule has 0 radical (unpaired) electrons. The summed E-state index contributed by atoms with van der Waals surface area (Å²) < 4.78 is 58.8. The van der Waals surface area contributed by atoms with Gasteiger partial charge in [-0.2, -0.15) is 13.2 Å². The lowest BCUT2D eigenvalue weighted by Crippen LogP contribution is -2.10. The van der Waals surface area contributed by atoms with E-state index in [-0.39, 0.29) is 17.7 Å². The normalized spacial score (nSPS) is 10.9. The first-order chi connectivity index (χ1) is 13.7. The number of unbranched alkanes of at least 4 members (excludes halogenated alkanes) is 3. The number of ether oxygens (including phenoxy) is 1. The third kappa shape index (κ3) is 6.24. The molecule has 0 bridgehead atoms. The number of esters is 1. The highest BCUT2D eigenvalue weighted by Crippen LogP contribution is 2.33. The van der Waals surface area contributed by atoms with Crippen LogP contribution >= 0.6 is 0 Å². The van der Waals surface area contributed by atoms with Crippen LogP contribution in [0.3, 0.4) is 0 Å². The summed E-state index contributed by atoms with van der Waals surface area (Å²) >= 11 is 0. The SMILES string of the molecule is CCCCCCOC(=O)c1cccc(F)c1C#Cc1ccc(O)cc1C(F)(F)F. The first-order valence-electron chi connectivity index (χ1n) is 9.12. The molecular weight excluding hydrogens is 388 g/mol. The van der Waals surface area contributed by atoms with Gasteiger partial charge in [-0.15, -0.1) is 0 Å². The van der Waals surface area contributed by atoms with Gasteiger partial charge in [-0.3, -0.25) is 0 Å². The fraction of sp³-hybridized carbons (Fsp3) is 0.318. The van der Waals surface area contributed by atoms with Gasteiger partial charge in [0.15, 0.2) is 0 Å². The van der Waals surface area contributed by atoms with E-state index in [4.69, 9.17) is 4.74 Å². The van der Waals surface area contributed by atoms with Crippen molar-refractivity contribution in [2.24, 2.45) is 0 Å².